The van der Waals surface area contributed by atoms with Gasteiger partial charge in [0.1, 0.15) is 6.10 Å². The van der Waals surface area contributed by atoms with Crippen LogP contribution < -0.4 is 0 Å². The molecule has 16 heavy (non-hydrogen) atoms. The first kappa shape index (κ1) is 11.6. The lowest BCUT2D eigenvalue weighted by atomic mass is 10.1. The standard InChI is InChI=1S/C13H18O3/c14-12-7-4-8-15-10-13(12)16-9-11-5-2-1-3-6-11/h1-3,5-6,12-14H,4,7-10H2. The number of hydrogen-bond acceptors (Lipinski definition) is 3. The number of aliphatic hydroxyl groups is 1. The summed E-state index contributed by atoms with van der Waals surface area (Å²) in [6, 6.07) is 9.98. The topological polar surface area (TPSA) is 38.7 Å². The van der Waals surface area contributed by atoms with Gasteiger partial charge in [0.05, 0.1) is 19.3 Å². The summed E-state index contributed by atoms with van der Waals surface area (Å²) in [5, 5.41) is 9.82. The van der Waals surface area contributed by atoms with E-state index in [4.69, 9.17) is 9.47 Å². The number of rotatable bonds is 3. The normalized spacial score (nSPS) is 26.3. The number of ether oxygens (including phenoxy) is 2. The minimum atomic E-state index is -0.397. The van der Waals surface area contributed by atoms with Crippen LogP contribution in [0, 0.1) is 0 Å². The van der Waals surface area contributed by atoms with Gasteiger partial charge >= 0.3 is 0 Å². The zero-order chi connectivity index (χ0) is 11.2. The van der Waals surface area contributed by atoms with E-state index < -0.39 is 6.10 Å². The van der Waals surface area contributed by atoms with Gasteiger partial charge in [0.15, 0.2) is 0 Å². The van der Waals surface area contributed by atoms with Crippen LogP contribution in [0.1, 0.15) is 18.4 Å². The van der Waals surface area contributed by atoms with Gasteiger partial charge < -0.3 is 14.6 Å². The molecule has 0 aliphatic carbocycles. The Morgan fingerprint density at radius 1 is 1.31 bits per heavy atom. The molecule has 1 heterocycles. The Hall–Kier alpha value is -0.900. The SMILES string of the molecule is OC1CCCOCC1OCc1ccccc1. The third-order valence-electron chi connectivity index (χ3n) is 2.81. The first-order valence-electron chi connectivity index (χ1n) is 5.77. The molecule has 1 aliphatic rings. The number of aliphatic hydroxyl groups excluding tert-OH is 1. The molecule has 0 radical (unpaired) electrons. The molecule has 0 saturated carbocycles. The summed E-state index contributed by atoms with van der Waals surface area (Å²) in [7, 11) is 0. The van der Waals surface area contributed by atoms with Gasteiger partial charge in [-0.3, -0.25) is 0 Å². The molecule has 1 fully saturated rings. The van der Waals surface area contributed by atoms with Gasteiger partial charge in [0, 0.05) is 6.61 Å². The molecule has 0 amide bonds. The van der Waals surface area contributed by atoms with Crippen molar-refractivity contribution in [1.82, 2.24) is 0 Å². The molecule has 0 aromatic heterocycles. The highest BCUT2D eigenvalue weighted by Gasteiger charge is 2.22. The Morgan fingerprint density at radius 3 is 2.94 bits per heavy atom. The Labute approximate surface area is 96.0 Å². The number of benzene rings is 1. The van der Waals surface area contributed by atoms with Crippen molar-refractivity contribution in [3.05, 3.63) is 35.9 Å². The summed E-state index contributed by atoms with van der Waals surface area (Å²) in [6.07, 6.45) is 1.08. The average Bonchev–Trinajstić information content (AvgIpc) is 2.53. The molecule has 1 saturated heterocycles. The molecule has 2 rings (SSSR count). The summed E-state index contributed by atoms with van der Waals surface area (Å²) >= 11 is 0. The van der Waals surface area contributed by atoms with Crippen LogP contribution in [0.4, 0.5) is 0 Å². The van der Waals surface area contributed by atoms with E-state index in [9.17, 15) is 5.11 Å². The lowest BCUT2D eigenvalue weighted by Gasteiger charge is -2.20. The molecular formula is C13H18O3. The van der Waals surface area contributed by atoms with Crippen molar-refractivity contribution >= 4 is 0 Å². The van der Waals surface area contributed by atoms with Crippen molar-refractivity contribution in [2.75, 3.05) is 13.2 Å². The molecule has 0 spiro atoms. The summed E-state index contributed by atoms with van der Waals surface area (Å²) in [4.78, 5) is 0. The van der Waals surface area contributed by atoms with Crippen LogP contribution in [-0.2, 0) is 16.1 Å². The van der Waals surface area contributed by atoms with Gasteiger partial charge in [-0.05, 0) is 18.4 Å². The molecule has 2 unspecified atom stereocenters. The Balaban J connectivity index is 1.84. The van der Waals surface area contributed by atoms with Crippen LogP contribution in [0.15, 0.2) is 30.3 Å². The molecule has 2 atom stereocenters. The van der Waals surface area contributed by atoms with Crippen molar-refractivity contribution in [3.8, 4) is 0 Å². The lowest BCUT2D eigenvalue weighted by molar-refractivity contribution is -0.0722. The van der Waals surface area contributed by atoms with Gasteiger partial charge in [-0.25, -0.2) is 0 Å². The average molecular weight is 222 g/mol. The second-order valence-corrected chi connectivity index (χ2v) is 4.12. The van der Waals surface area contributed by atoms with Crippen molar-refractivity contribution in [2.45, 2.75) is 31.7 Å². The largest absolute Gasteiger partial charge is 0.390 e. The summed E-state index contributed by atoms with van der Waals surface area (Å²) in [5.74, 6) is 0. The smallest absolute Gasteiger partial charge is 0.107 e. The Kier molecular flexibility index (Phi) is 4.34. The second-order valence-electron chi connectivity index (χ2n) is 4.12. The predicted octanol–water partition coefficient (Wildman–Crippen LogP) is 1.74. The molecule has 88 valence electrons. The van der Waals surface area contributed by atoms with Gasteiger partial charge in [0.25, 0.3) is 0 Å². The highest BCUT2D eigenvalue weighted by molar-refractivity contribution is 5.13. The molecule has 0 bridgehead atoms. The fourth-order valence-electron chi connectivity index (χ4n) is 1.83. The van der Waals surface area contributed by atoms with Crippen LogP contribution in [0.5, 0.6) is 0 Å². The predicted molar refractivity (Wildman–Crippen MR) is 61.1 cm³/mol. The molecule has 1 N–H and O–H groups in total. The van der Waals surface area contributed by atoms with Gasteiger partial charge in [-0.15, -0.1) is 0 Å². The second kappa shape index (κ2) is 5.99. The van der Waals surface area contributed by atoms with Crippen molar-refractivity contribution in [3.63, 3.8) is 0 Å². The van der Waals surface area contributed by atoms with Crippen LogP contribution >= 0.6 is 0 Å². The quantitative estimate of drug-likeness (QED) is 0.846. The van der Waals surface area contributed by atoms with E-state index in [1.165, 1.54) is 0 Å². The summed E-state index contributed by atoms with van der Waals surface area (Å²) in [5.41, 5.74) is 1.12. The van der Waals surface area contributed by atoms with Crippen molar-refractivity contribution in [2.24, 2.45) is 0 Å². The molecule has 3 heteroatoms. The van der Waals surface area contributed by atoms with E-state index in [2.05, 4.69) is 0 Å². The summed E-state index contributed by atoms with van der Waals surface area (Å²) in [6.45, 7) is 1.75. The van der Waals surface area contributed by atoms with E-state index in [1.54, 1.807) is 0 Å². The highest BCUT2D eigenvalue weighted by Crippen LogP contribution is 2.14. The van der Waals surface area contributed by atoms with Gasteiger partial charge in [-0.1, -0.05) is 30.3 Å². The highest BCUT2D eigenvalue weighted by atomic mass is 16.5. The zero-order valence-electron chi connectivity index (χ0n) is 9.34. The molecule has 3 nitrogen and oxygen atoms in total. The fourth-order valence-corrected chi connectivity index (χ4v) is 1.83. The summed E-state index contributed by atoms with van der Waals surface area (Å²) < 4.78 is 11.1. The van der Waals surface area contributed by atoms with E-state index in [1.807, 2.05) is 30.3 Å². The zero-order valence-corrected chi connectivity index (χ0v) is 9.34. The van der Waals surface area contributed by atoms with E-state index in [0.29, 0.717) is 13.2 Å². The monoisotopic (exact) mass is 222 g/mol. The molecule has 1 aliphatic heterocycles. The van der Waals surface area contributed by atoms with E-state index >= 15 is 0 Å². The Morgan fingerprint density at radius 2 is 2.12 bits per heavy atom. The lowest BCUT2D eigenvalue weighted by Crippen LogP contribution is -2.31. The van der Waals surface area contributed by atoms with Crippen LogP contribution in [0.3, 0.4) is 0 Å². The number of hydrogen-bond donors (Lipinski definition) is 1. The van der Waals surface area contributed by atoms with Gasteiger partial charge in [-0.2, -0.15) is 0 Å². The first-order chi connectivity index (χ1) is 7.86. The minimum Gasteiger partial charge on any atom is -0.390 e. The molecule has 1 aromatic rings. The van der Waals surface area contributed by atoms with E-state index in [0.717, 1.165) is 25.0 Å². The molecular weight excluding hydrogens is 204 g/mol. The maximum absolute atomic E-state index is 9.82. The first-order valence-corrected chi connectivity index (χ1v) is 5.77. The maximum atomic E-state index is 9.82. The van der Waals surface area contributed by atoms with Crippen LogP contribution in [-0.4, -0.2) is 30.5 Å². The molecule has 1 aromatic carbocycles. The van der Waals surface area contributed by atoms with E-state index in [-0.39, 0.29) is 6.10 Å². The van der Waals surface area contributed by atoms with Crippen molar-refractivity contribution in [1.29, 1.82) is 0 Å². The van der Waals surface area contributed by atoms with Crippen LogP contribution in [0.2, 0.25) is 0 Å². The fraction of sp³-hybridized carbons (Fsp3) is 0.538. The van der Waals surface area contributed by atoms with Crippen LogP contribution in [0.25, 0.3) is 0 Å². The minimum absolute atomic E-state index is 0.192. The van der Waals surface area contributed by atoms with Crippen molar-refractivity contribution < 1.29 is 14.6 Å². The third kappa shape index (κ3) is 3.30. The third-order valence-corrected chi connectivity index (χ3v) is 2.81. The van der Waals surface area contributed by atoms with Gasteiger partial charge in [0.2, 0.25) is 0 Å². The Bertz CT molecular complexity index is 299. The maximum Gasteiger partial charge on any atom is 0.107 e.